The van der Waals surface area contributed by atoms with Crippen LogP contribution in [0.15, 0.2) is 60.2 Å². The number of hydrogen-bond acceptors (Lipinski definition) is 6. The van der Waals surface area contributed by atoms with Gasteiger partial charge in [-0.25, -0.2) is 14.4 Å². The maximum absolute atomic E-state index is 11.1. The smallest absolute Gasteiger partial charge is 0.334 e. The molecule has 0 spiro atoms. The zero-order valence-corrected chi connectivity index (χ0v) is 15.8. The first-order valence-corrected chi connectivity index (χ1v) is 7.27. The second-order valence-electron chi connectivity index (χ2n) is 3.79. The van der Waals surface area contributed by atoms with Crippen molar-refractivity contribution in [1.82, 2.24) is 0 Å². The van der Waals surface area contributed by atoms with E-state index >= 15 is 0 Å². The molecule has 0 aromatic carbocycles. The van der Waals surface area contributed by atoms with Crippen molar-refractivity contribution in [2.75, 3.05) is 14.2 Å². The Kier molecular flexibility index (Phi) is 19.9. The van der Waals surface area contributed by atoms with E-state index in [1.54, 1.807) is 6.07 Å². The zero-order valence-electron chi connectivity index (χ0n) is 14.3. The van der Waals surface area contributed by atoms with Crippen LogP contribution in [0.25, 0.3) is 0 Å². The van der Waals surface area contributed by atoms with Gasteiger partial charge in [-0.1, -0.05) is 55.1 Å². The Labute approximate surface area is 162 Å². The van der Waals surface area contributed by atoms with Crippen LogP contribution in [0.4, 0.5) is 0 Å². The minimum Gasteiger partial charge on any atom is -0.478 e. The first-order chi connectivity index (χ1) is 12.1. The number of carbonyl (C=O) groups is 3. The van der Waals surface area contributed by atoms with E-state index in [1.165, 1.54) is 26.4 Å². The van der Waals surface area contributed by atoms with Gasteiger partial charge in [-0.05, 0) is 0 Å². The van der Waals surface area contributed by atoms with Crippen LogP contribution in [0.3, 0.4) is 0 Å². The highest BCUT2D eigenvalue weighted by atomic mass is 35.5. The van der Waals surface area contributed by atoms with E-state index in [0.29, 0.717) is 0 Å². The molecular weight excluding hydrogens is 385 g/mol. The molecule has 7 nitrogen and oxygen atoms in total. The van der Waals surface area contributed by atoms with E-state index in [9.17, 15) is 14.4 Å². The summed E-state index contributed by atoms with van der Waals surface area (Å²) in [5.41, 5.74) is 0.0616. The third-order valence-corrected chi connectivity index (χ3v) is 2.04. The molecule has 0 saturated heterocycles. The van der Waals surface area contributed by atoms with Crippen molar-refractivity contribution in [3.63, 3.8) is 0 Å². The van der Waals surface area contributed by atoms with Gasteiger partial charge >= 0.3 is 17.9 Å². The zero-order chi connectivity index (χ0) is 21.1. The molecule has 26 heavy (non-hydrogen) atoms. The van der Waals surface area contributed by atoms with Gasteiger partial charge in [-0.15, -0.1) is 0 Å². The molecule has 0 aliphatic carbocycles. The van der Waals surface area contributed by atoms with Crippen LogP contribution in [-0.4, -0.2) is 37.2 Å². The Balaban J connectivity index is -0.000000434. The van der Waals surface area contributed by atoms with Gasteiger partial charge in [-0.2, -0.15) is 5.26 Å². The minimum absolute atomic E-state index is 0.0616. The molecule has 0 bridgehead atoms. The second kappa shape index (κ2) is 18.5. The molecule has 1 N–H and O–H groups in total. The maximum atomic E-state index is 11.1. The lowest BCUT2D eigenvalue weighted by atomic mass is 9.99. The lowest BCUT2D eigenvalue weighted by Gasteiger charge is -2.08. The summed E-state index contributed by atoms with van der Waals surface area (Å²) in [6.07, 6.45) is 5.74. The van der Waals surface area contributed by atoms with Crippen LogP contribution in [0, 0.1) is 17.2 Å². The second-order valence-corrected chi connectivity index (χ2v) is 4.90. The normalized spacial score (nSPS) is 10.1. The fourth-order valence-corrected chi connectivity index (χ4v) is 0.980. The minimum atomic E-state index is -1.15. The molecule has 142 valence electrons. The van der Waals surface area contributed by atoms with Crippen LogP contribution in [0.2, 0.25) is 0 Å². The number of halogens is 2. The van der Waals surface area contributed by atoms with E-state index in [0.717, 1.165) is 18.2 Å². The average molecular weight is 404 g/mol. The lowest BCUT2D eigenvalue weighted by Crippen LogP contribution is -2.10. The maximum Gasteiger partial charge on any atom is 0.334 e. The molecule has 0 aromatic heterocycles. The molecule has 1 atom stereocenters. The van der Waals surface area contributed by atoms with Gasteiger partial charge in [0.15, 0.2) is 0 Å². The van der Waals surface area contributed by atoms with Gasteiger partial charge in [-0.3, -0.25) is 0 Å². The number of ether oxygens (including phenoxy) is 2. The number of nitriles is 1. The molecule has 0 saturated carbocycles. The number of aliphatic carboxylic acids is 1. The van der Waals surface area contributed by atoms with Crippen molar-refractivity contribution >= 4 is 41.1 Å². The van der Waals surface area contributed by atoms with Gasteiger partial charge < -0.3 is 14.6 Å². The summed E-state index contributed by atoms with van der Waals surface area (Å²) < 4.78 is 8.70. The SMILES string of the molecule is C=C(C(=O)OC)C(C=CC#N)C=CC(=O)O.C=C(Cl)Cl.C=CC(=O)OC. The summed E-state index contributed by atoms with van der Waals surface area (Å²) in [7, 11) is 2.50. The number of nitrogens with zero attached hydrogens (tertiary/aromatic N) is 1. The highest BCUT2D eigenvalue weighted by Crippen LogP contribution is 2.14. The van der Waals surface area contributed by atoms with Gasteiger partial charge in [0, 0.05) is 29.7 Å². The summed E-state index contributed by atoms with van der Waals surface area (Å²) >= 11 is 9.69. The van der Waals surface area contributed by atoms with E-state index in [4.69, 9.17) is 33.6 Å². The number of esters is 2. The summed E-state index contributed by atoms with van der Waals surface area (Å²) in [5, 5.41) is 16.8. The number of allylic oxidation sites excluding steroid dienone is 3. The molecule has 0 radical (unpaired) electrons. The Morgan fingerprint density at radius 1 is 1.15 bits per heavy atom. The van der Waals surface area contributed by atoms with Crippen LogP contribution < -0.4 is 0 Å². The quantitative estimate of drug-likeness (QED) is 0.410. The van der Waals surface area contributed by atoms with Crippen molar-refractivity contribution in [2.45, 2.75) is 0 Å². The van der Waals surface area contributed by atoms with Gasteiger partial charge in [0.1, 0.15) is 0 Å². The number of rotatable bonds is 6. The van der Waals surface area contributed by atoms with Gasteiger partial charge in [0.05, 0.1) is 24.8 Å². The highest BCUT2D eigenvalue weighted by Gasteiger charge is 2.14. The van der Waals surface area contributed by atoms with Crippen molar-refractivity contribution in [3.05, 3.63) is 60.2 Å². The highest BCUT2D eigenvalue weighted by molar-refractivity contribution is 6.55. The van der Waals surface area contributed by atoms with Crippen molar-refractivity contribution in [1.29, 1.82) is 5.26 Å². The summed E-state index contributed by atoms with van der Waals surface area (Å²) in [5.74, 6) is -2.85. The third-order valence-electron chi connectivity index (χ3n) is 2.04. The molecule has 0 aromatic rings. The third kappa shape index (κ3) is 21.2. The van der Waals surface area contributed by atoms with Crippen LogP contribution in [0.1, 0.15) is 0 Å². The molecule has 9 heteroatoms. The Morgan fingerprint density at radius 3 is 1.92 bits per heavy atom. The van der Waals surface area contributed by atoms with Crippen LogP contribution in [0.5, 0.6) is 0 Å². The topological polar surface area (TPSA) is 114 Å². The molecular formula is C17H19Cl2NO6. The molecule has 0 aliphatic rings. The van der Waals surface area contributed by atoms with Crippen molar-refractivity contribution in [2.24, 2.45) is 5.92 Å². The summed E-state index contributed by atoms with van der Waals surface area (Å²) in [6, 6.07) is 1.74. The Morgan fingerprint density at radius 2 is 1.65 bits per heavy atom. The number of hydrogen-bond donors (Lipinski definition) is 1. The monoisotopic (exact) mass is 403 g/mol. The summed E-state index contributed by atoms with van der Waals surface area (Å²) in [4.78, 5) is 31.3. The van der Waals surface area contributed by atoms with E-state index in [2.05, 4.69) is 29.2 Å². The number of methoxy groups -OCH3 is 2. The Hall–Kier alpha value is -2.82. The summed E-state index contributed by atoms with van der Waals surface area (Å²) in [6.45, 7) is 9.72. The Bertz CT molecular complexity index is 613. The first kappa shape index (κ1) is 28.0. The number of carbonyl (C=O) groups excluding carboxylic acids is 2. The lowest BCUT2D eigenvalue weighted by molar-refractivity contribution is -0.136. The fraction of sp³-hybridized carbons (Fsp3) is 0.176. The number of carboxylic acid groups (broad SMARTS) is 1. The predicted octanol–water partition coefficient (Wildman–Crippen LogP) is 3.33. The van der Waals surface area contributed by atoms with E-state index < -0.39 is 23.8 Å². The molecule has 0 amide bonds. The fourth-order valence-electron chi connectivity index (χ4n) is 0.980. The van der Waals surface area contributed by atoms with Crippen molar-refractivity contribution < 1.29 is 29.0 Å². The predicted molar refractivity (Wildman–Crippen MR) is 99.2 cm³/mol. The van der Waals surface area contributed by atoms with Crippen LogP contribution >= 0.6 is 23.2 Å². The molecule has 1 unspecified atom stereocenters. The molecule has 0 heterocycles. The molecule has 0 fully saturated rings. The van der Waals surface area contributed by atoms with Gasteiger partial charge in [0.2, 0.25) is 0 Å². The number of carboxylic acids is 1. The van der Waals surface area contributed by atoms with E-state index in [-0.39, 0.29) is 10.1 Å². The standard InChI is InChI=1S/C11H11NO4.C4H6O2.C2H2Cl2/c1-8(11(15)16-2)9(4-3-7-12)5-6-10(13)14;1-3-4(5)6-2;1-2(3)4/h3-6,9H,1H2,2H3,(H,13,14);3H,1H2,2H3;1H2. The van der Waals surface area contributed by atoms with E-state index in [1.807, 2.05) is 0 Å². The van der Waals surface area contributed by atoms with Crippen molar-refractivity contribution in [3.8, 4) is 6.07 Å². The largest absolute Gasteiger partial charge is 0.478 e. The van der Waals surface area contributed by atoms with Gasteiger partial charge in [0.25, 0.3) is 0 Å². The molecule has 0 aliphatic heterocycles. The molecule has 0 rings (SSSR count). The average Bonchev–Trinajstić information content (AvgIpc) is 2.59. The first-order valence-electron chi connectivity index (χ1n) is 6.52. The van der Waals surface area contributed by atoms with Crippen LogP contribution in [-0.2, 0) is 23.9 Å².